The maximum absolute atomic E-state index is 13.7. The van der Waals surface area contributed by atoms with Crippen molar-refractivity contribution >= 4 is 11.3 Å². The Labute approximate surface area is 112 Å². The molecular formula is C15H18FNS. The van der Waals surface area contributed by atoms with Crippen LogP contribution in [0, 0.1) is 5.82 Å². The van der Waals surface area contributed by atoms with Gasteiger partial charge in [-0.1, -0.05) is 25.1 Å². The van der Waals surface area contributed by atoms with Crippen LogP contribution in [0.4, 0.5) is 4.39 Å². The topological polar surface area (TPSA) is 12.0 Å². The highest BCUT2D eigenvalue weighted by Gasteiger charge is 2.12. The van der Waals surface area contributed by atoms with Gasteiger partial charge in [0.15, 0.2) is 0 Å². The van der Waals surface area contributed by atoms with Gasteiger partial charge in [0.1, 0.15) is 5.82 Å². The molecule has 1 unspecified atom stereocenters. The Morgan fingerprint density at radius 1 is 1.28 bits per heavy atom. The van der Waals surface area contributed by atoms with Gasteiger partial charge in [0, 0.05) is 11.6 Å². The fourth-order valence-electron chi connectivity index (χ4n) is 2.06. The Morgan fingerprint density at radius 2 is 2.11 bits per heavy atom. The van der Waals surface area contributed by atoms with E-state index in [1.807, 2.05) is 12.1 Å². The zero-order chi connectivity index (χ0) is 12.8. The standard InChI is InChI=1S/C15H18FNS/c1-2-15(13-5-3-4-6-14(13)16)17-9-7-12-8-10-18-11-12/h3-6,8,10-11,15,17H,2,7,9H2,1H3. The lowest BCUT2D eigenvalue weighted by atomic mass is 10.0. The maximum Gasteiger partial charge on any atom is 0.127 e. The van der Waals surface area contributed by atoms with Crippen molar-refractivity contribution in [3.05, 3.63) is 58.0 Å². The Kier molecular flexibility index (Phi) is 4.90. The van der Waals surface area contributed by atoms with Crippen LogP contribution in [-0.2, 0) is 6.42 Å². The van der Waals surface area contributed by atoms with Crippen molar-refractivity contribution in [1.82, 2.24) is 5.32 Å². The number of halogens is 1. The molecule has 2 aromatic rings. The summed E-state index contributed by atoms with van der Waals surface area (Å²) in [6.45, 7) is 2.96. The van der Waals surface area contributed by atoms with E-state index in [-0.39, 0.29) is 11.9 Å². The van der Waals surface area contributed by atoms with Gasteiger partial charge in [-0.15, -0.1) is 0 Å². The van der Waals surface area contributed by atoms with E-state index >= 15 is 0 Å². The molecule has 1 atom stereocenters. The van der Waals surface area contributed by atoms with E-state index in [1.54, 1.807) is 17.4 Å². The molecule has 0 saturated heterocycles. The second-order valence-corrected chi connectivity index (χ2v) is 5.10. The fourth-order valence-corrected chi connectivity index (χ4v) is 2.76. The normalized spacial score (nSPS) is 12.6. The zero-order valence-corrected chi connectivity index (χ0v) is 11.3. The van der Waals surface area contributed by atoms with Crippen molar-refractivity contribution in [1.29, 1.82) is 0 Å². The molecule has 96 valence electrons. The molecule has 0 fully saturated rings. The molecule has 1 N–H and O–H groups in total. The summed E-state index contributed by atoms with van der Waals surface area (Å²) >= 11 is 1.72. The molecule has 2 rings (SSSR count). The summed E-state index contributed by atoms with van der Waals surface area (Å²) in [4.78, 5) is 0. The first-order valence-electron chi connectivity index (χ1n) is 6.30. The number of rotatable bonds is 6. The SMILES string of the molecule is CCC(NCCc1ccsc1)c1ccccc1F. The van der Waals surface area contributed by atoms with Crippen LogP contribution in [0.15, 0.2) is 41.1 Å². The van der Waals surface area contributed by atoms with Crippen molar-refractivity contribution in [2.24, 2.45) is 0 Å². The van der Waals surface area contributed by atoms with E-state index in [4.69, 9.17) is 0 Å². The second kappa shape index (κ2) is 6.66. The maximum atomic E-state index is 13.7. The first kappa shape index (κ1) is 13.2. The molecule has 0 amide bonds. The van der Waals surface area contributed by atoms with E-state index < -0.39 is 0 Å². The number of benzene rings is 1. The molecule has 1 heterocycles. The third kappa shape index (κ3) is 3.40. The summed E-state index contributed by atoms with van der Waals surface area (Å²) in [5.41, 5.74) is 2.11. The van der Waals surface area contributed by atoms with Gasteiger partial charge in [0.2, 0.25) is 0 Å². The van der Waals surface area contributed by atoms with Crippen LogP contribution in [0.3, 0.4) is 0 Å². The van der Waals surface area contributed by atoms with E-state index in [0.29, 0.717) is 0 Å². The molecule has 0 radical (unpaired) electrons. The van der Waals surface area contributed by atoms with Gasteiger partial charge in [-0.2, -0.15) is 11.3 Å². The first-order chi connectivity index (χ1) is 8.81. The van der Waals surface area contributed by atoms with E-state index in [2.05, 4.69) is 29.1 Å². The minimum atomic E-state index is -0.118. The molecule has 0 bridgehead atoms. The van der Waals surface area contributed by atoms with Crippen molar-refractivity contribution in [2.75, 3.05) is 6.54 Å². The Morgan fingerprint density at radius 3 is 2.78 bits per heavy atom. The van der Waals surface area contributed by atoms with Crippen molar-refractivity contribution < 1.29 is 4.39 Å². The summed E-state index contributed by atoms with van der Waals surface area (Å²) in [6, 6.07) is 9.25. The van der Waals surface area contributed by atoms with Crippen molar-refractivity contribution in [2.45, 2.75) is 25.8 Å². The molecular weight excluding hydrogens is 245 g/mol. The first-order valence-corrected chi connectivity index (χ1v) is 7.24. The minimum absolute atomic E-state index is 0.102. The monoisotopic (exact) mass is 263 g/mol. The van der Waals surface area contributed by atoms with Crippen LogP contribution in [0.25, 0.3) is 0 Å². The largest absolute Gasteiger partial charge is 0.310 e. The van der Waals surface area contributed by atoms with Crippen molar-refractivity contribution in [3.63, 3.8) is 0 Å². The van der Waals surface area contributed by atoms with Gasteiger partial charge < -0.3 is 5.32 Å². The minimum Gasteiger partial charge on any atom is -0.310 e. The summed E-state index contributed by atoms with van der Waals surface area (Å²) in [5, 5.41) is 7.67. The lowest BCUT2D eigenvalue weighted by Crippen LogP contribution is -2.24. The van der Waals surface area contributed by atoms with Crippen LogP contribution < -0.4 is 5.32 Å². The predicted molar refractivity (Wildman–Crippen MR) is 75.5 cm³/mol. The molecule has 0 spiro atoms. The van der Waals surface area contributed by atoms with Gasteiger partial charge in [0.25, 0.3) is 0 Å². The predicted octanol–water partition coefficient (Wildman–Crippen LogP) is 4.17. The fraction of sp³-hybridized carbons (Fsp3) is 0.333. The molecule has 1 aromatic carbocycles. The molecule has 3 heteroatoms. The quantitative estimate of drug-likeness (QED) is 0.824. The summed E-state index contributed by atoms with van der Waals surface area (Å²) < 4.78 is 13.7. The van der Waals surface area contributed by atoms with Crippen LogP contribution in [0.1, 0.15) is 30.5 Å². The van der Waals surface area contributed by atoms with E-state index in [0.717, 1.165) is 24.9 Å². The van der Waals surface area contributed by atoms with Crippen molar-refractivity contribution in [3.8, 4) is 0 Å². The summed E-state index contributed by atoms with van der Waals surface area (Å²) in [5.74, 6) is -0.118. The van der Waals surface area contributed by atoms with Gasteiger partial charge in [0.05, 0.1) is 0 Å². The highest BCUT2D eigenvalue weighted by atomic mass is 32.1. The molecule has 0 saturated carbocycles. The van der Waals surface area contributed by atoms with E-state index in [9.17, 15) is 4.39 Å². The third-order valence-electron chi connectivity index (χ3n) is 3.07. The second-order valence-electron chi connectivity index (χ2n) is 4.32. The van der Waals surface area contributed by atoms with Gasteiger partial charge >= 0.3 is 0 Å². The molecule has 18 heavy (non-hydrogen) atoms. The van der Waals surface area contributed by atoms with Gasteiger partial charge in [-0.25, -0.2) is 4.39 Å². The number of thiophene rings is 1. The number of hydrogen-bond acceptors (Lipinski definition) is 2. The molecule has 0 aliphatic carbocycles. The van der Waals surface area contributed by atoms with E-state index in [1.165, 1.54) is 11.6 Å². The van der Waals surface area contributed by atoms with Gasteiger partial charge in [-0.05, 0) is 47.8 Å². The molecule has 0 aliphatic rings. The Bertz CT molecular complexity index is 467. The van der Waals surface area contributed by atoms with Crippen LogP contribution in [0.5, 0.6) is 0 Å². The average molecular weight is 263 g/mol. The lowest BCUT2D eigenvalue weighted by Gasteiger charge is -2.17. The van der Waals surface area contributed by atoms with Gasteiger partial charge in [-0.3, -0.25) is 0 Å². The number of nitrogens with one attached hydrogen (secondary N) is 1. The van der Waals surface area contributed by atoms with Crippen LogP contribution in [-0.4, -0.2) is 6.54 Å². The van der Waals surface area contributed by atoms with Crippen LogP contribution in [0.2, 0.25) is 0 Å². The third-order valence-corrected chi connectivity index (χ3v) is 3.81. The highest BCUT2D eigenvalue weighted by molar-refractivity contribution is 7.07. The average Bonchev–Trinajstić information content (AvgIpc) is 2.89. The molecule has 1 nitrogen and oxygen atoms in total. The summed E-state index contributed by atoms with van der Waals surface area (Å²) in [6.07, 6.45) is 1.89. The Hall–Kier alpha value is -1.19. The highest BCUT2D eigenvalue weighted by Crippen LogP contribution is 2.19. The number of hydrogen-bond donors (Lipinski definition) is 1. The smallest absolute Gasteiger partial charge is 0.127 e. The Balaban J connectivity index is 1.91. The zero-order valence-electron chi connectivity index (χ0n) is 10.5. The van der Waals surface area contributed by atoms with Crippen LogP contribution >= 0.6 is 11.3 Å². The lowest BCUT2D eigenvalue weighted by molar-refractivity contribution is 0.491. The molecule has 0 aliphatic heterocycles. The summed E-state index contributed by atoms with van der Waals surface area (Å²) in [7, 11) is 0. The molecule has 1 aromatic heterocycles.